The van der Waals surface area contributed by atoms with Crippen LogP contribution < -0.4 is 0 Å². The Morgan fingerprint density at radius 2 is 1.67 bits per heavy atom. The molecule has 3 heteroatoms. The molecule has 3 N–H and O–H groups in total. The van der Waals surface area contributed by atoms with E-state index in [2.05, 4.69) is 20.8 Å². The topological polar surface area (TPSA) is 60.7 Å². The first-order valence-corrected chi connectivity index (χ1v) is 8.31. The Balaban J connectivity index is 2.44. The van der Waals surface area contributed by atoms with Gasteiger partial charge in [-0.1, -0.05) is 33.3 Å². The minimum Gasteiger partial charge on any atom is -0.392 e. The van der Waals surface area contributed by atoms with Crippen LogP contribution in [0.4, 0.5) is 0 Å². The summed E-state index contributed by atoms with van der Waals surface area (Å²) in [7, 11) is 0. The van der Waals surface area contributed by atoms with E-state index in [0.29, 0.717) is 16.9 Å². The van der Waals surface area contributed by atoms with Crippen molar-refractivity contribution in [2.45, 2.75) is 65.4 Å². The van der Waals surface area contributed by atoms with Gasteiger partial charge in [0, 0.05) is 5.92 Å². The van der Waals surface area contributed by atoms with E-state index >= 15 is 0 Å². The minimum absolute atomic E-state index is 0.00220. The van der Waals surface area contributed by atoms with Crippen molar-refractivity contribution in [3.63, 3.8) is 0 Å². The van der Waals surface area contributed by atoms with Crippen LogP contribution in [0.2, 0.25) is 0 Å². The second-order valence-corrected chi connectivity index (χ2v) is 8.42. The summed E-state index contributed by atoms with van der Waals surface area (Å²) in [5.41, 5.74) is 0.215. The second-order valence-electron chi connectivity index (χ2n) is 8.42. The molecule has 122 valence electrons. The van der Waals surface area contributed by atoms with Crippen LogP contribution in [-0.4, -0.2) is 34.1 Å². The summed E-state index contributed by atoms with van der Waals surface area (Å²) in [6.07, 6.45) is 7.37. The first kappa shape index (κ1) is 17.0. The maximum Gasteiger partial charge on any atom is 0.0687 e. The van der Waals surface area contributed by atoms with Gasteiger partial charge in [0.25, 0.3) is 0 Å². The number of hydrogen-bond acceptors (Lipinski definition) is 3. The third kappa shape index (κ3) is 2.93. The molecule has 0 radical (unpaired) electrons. The predicted molar refractivity (Wildman–Crippen MR) is 84.8 cm³/mol. The van der Waals surface area contributed by atoms with Crippen molar-refractivity contribution in [1.29, 1.82) is 0 Å². The molecule has 21 heavy (non-hydrogen) atoms. The first-order chi connectivity index (χ1) is 9.67. The summed E-state index contributed by atoms with van der Waals surface area (Å²) in [5.74, 6) is 0.580. The Hall–Kier alpha value is -0.380. The normalized spacial score (nSPS) is 42.2. The van der Waals surface area contributed by atoms with E-state index < -0.39 is 5.60 Å². The van der Waals surface area contributed by atoms with Gasteiger partial charge in [-0.3, -0.25) is 0 Å². The van der Waals surface area contributed by atoms with Crippen LogP contribution in [-0.2, 0) is 0 Å². The van der Waals surface area contributed by atoms with E-state index in [1.165, 1.54) is 12.8 Å². The Morgan fingerprint density at radius 1 is 1.05 bits per heavy atom. The van der Waals surface area contributed by atoms with Crippen molar-refractivity contribution in [1.82, 2.24) is 0 Å². The summed E-state index contributed by atoms with van der Waals surface area (Å²) >= 11 is 0. The highest BCUT2D eigenvalue weighted by molar-refractivity contribution is 5.17. The van der Waals surface area contributed by atoms with Gasteiger partial charge in [0.1, 0.15) is 0 Å². The molecule has 2 saturated carbocycles. The SMILES string of the molecule is CC1(C)CCC[C@]2(C)[C@@H](C=C(CO)CO)[C@@](C)(O)CC[C@@H]12. The number of aliphatic hydroxyl groups is 3. The molecule has 0 aromatic heterocycles. The lowest BCUT2D eigenvalue weighted by Crippen LogP contribution is -2.57. The molecule has 2 fully saturated rings. The molecule has 0 spiro atoms. The fourth-order valence-electron chi connectivity index (χ4n) is 5.32. The monoisotopic (exact) mass is 296 g/mol. The third-order valence-electron chi connectivity index (χ3n) is 6.40. The number of rotatable bonds is 3. The third-order valence-corrected chi connectivity index (χ3v) is 6.40. The van der Waals surface area contributed by atoms with Crippen LogP contribution in [0.15, 0.2) is 11.6 Å². The van der Waals surface area contributed by atoms with Crippen LogP contribution >= 0.6 is 0 Å². The van der Waals surface area contributed by atoms with Gasteiger partial charge in [-0.05, 0) is 54.9 Å². The lowest BCUT2D eigenvalue weighted by Gasteiger charge is -2.60. The molecule has 0 amide bonds. The van der Waals surface area contributed by atoms with Crippen molar-refractivity contribution in [3.8, 4) is 0 Å². The van der Waals surface area contributed by atoms with Crippen LogP contribution in [0.25, 0.3) is 0 Å². The zero-order valence-electron chi connectivity index (χ0n) is 14.0. The van der Waals surface area contributed by atoms with Gasteiger partial charge in [-0.15, -0.1) is 0 Å². The van der Waals surface area contributed by atoms with Gasteiger partial charge in [-0.25, -0.2) is 0 Å². The molecule has 0 aliphatic heterocycles. The van der Waals surface area contributed by atoms with Gasteiger partial charge in [-0.2, -0.15) is 0 Å². The van der Waals surface area contributed by atoms with E-state index in [9.17, 15) is 15.3 Å². The predicted octanol–water partition coefficient (Wildman–Crippen LogP) is 2.89. The fraction of sp³-hybridized carbons (Fsp3) is 0.889. The molecular formula is C18H32O3. The maximum atomic E-state index is 10.9. The van der Waals surface area contributed by atoms with Crippen LogP contribution in [0.1, 0.15) is 59.8 Å². The van der Waals surface area contributed by atoms with E-state index in [-0.39, 0.29) is 24.5 Å². The van der Waals surface area contributed by atoms with Crippen LogP contribution in [0.3, 0.4) is 0 Å². The van der Waals surface area contributed by atoms with Crippen molar-refractivity contribution in [3.05, 3.63) is 11.6 Å². The molecule has 2 aliphatic carbocycles. The van der Waals surface area contributed by atoms with Crippen LogP contribution in [0, 0.1) is 22.7 Å². The molecule has 0 aromatic rings. The van der Waals surface area contributed by atoms with Gasteiger partial charge in [0.05, 0.1) is 18.8 Å². The number of fused-ring (bicyclic) bond motifs is 1. The zero-order chi connectivity index (χ0) is 15.9. The van der Waals surface area contributed by atoms with Crippen LogP contribution in [0.5, 0.6) is 0 Å². The van der Waals surface area contributed by atoms with Crippen molar-refractivity contribution >= 4 is 0 Å². The summed E-state index contributed by atoms with van der Waals surface area (Å²) in [6, 6.07) is 0. The van der Waals surface area contributed by atoms with Crippen molar-refractivity contribution in [2.75, 3.05) is 13.2 Å². The van der Waals surface area contributed by atoms with E-state index in [1.54, 1.807) is 0 Å². The molecule has 0 bridgehead atoms. The fourth-order valence-corrected chi connectivity index (χ4v) is 5.32. The maximum absolute atomic E-state index is 10.9. The smallest absolute Gasteiger partial charge is 0.0687 e. The molecule has 0 unspecified atom stereocenters. The Labute approximate surface area is 129 Å². The van der Waals surface area contributed by atoms with Gasteiger partial charge >= 0.3 is 0 Å². The summed E-state index contributed by atoms with van der Waals surface area (Å²) in [6.45, 7) is 8.67. The van der Waals surface area contributed by atoms with E-state index in [0.717, 1.165) is 19.3 Å². The molecule has 4 atom stereocenters. The molecular weight excluding hydrogens is 264 g/mol. The molecule has 2 rings (SSSR count). The summed E-state index contributed by atoms with van der Waals surface area (Å²) < 4.78 is 0. The molecule has 2 aliphatic rings. The lowest BCUT2D eigenvalue weighted by atomic mass is 9.45. The van der Waals surface area contributed by atoms with Crippen molar-refractivity contribution in [2.24, 2.45) is 22.7 Å². The minimum atomic E-state index is -0.756. The molecule has 3 nitrogen and oxygen atoms in total. The van der Waals surface area contributed by atoms with Gasteiger partial charge < -0.3 is 15.3 Å². The van der Waals surface area contributed by atoms with Crippen molar-refractivity contribution < 1.29 is 15.3 Å². The van der Waals surface area contributed by atoms with Gasteiger partial charge in [0.2, 0.25) is 0 Å². The average Bonchev–Trinajstić information content (AvgIpc) is 2.37. The van der Waals surface area contributed by atoms with Gasteiger partial charge in [0.15, 0.2) is 0 Å². The molecule has 0 saturated heterocycles. The first-order valence-electron chi connectivity index (χ1n) is 8.31. The molecule has 0 aromatic carbocycles. The highest BCUT2D eigenvalue weighted by atomic mass is 16.3. The largest absolute Gasteiger partial charge is 0.392 e. The standard InChI is InChI=1S/C18H32O3/c1-16(2)7-5-8-17(3)14(16)6-9-18(4,21)15(17)10-13(11-19)12-20/h10,14-15,19-21H,5-9,11-12H2,1-4H3/t14-,15+,17-,18-/m0/s1. The summed E-state index contributed by atoms with van der Waals surface area (Å²) in [4.78, 5) is 0. The Bertz CT molecular complexity index is 405. The van der Waals surface area contributed by atoms with E-state index in [1.807, 2.05) is 13.0 Å². The second kappa shape index (κ2) is 5.68. The Morgan fingerprint density at radius 3 is 2.24 bits per heavy atom. The highest BCUT2D eigenvalue weighted by Crippen LogP contribution is 2.62. The average molecular weight is 296 g/mol. The molecule has 0 heterocycles. The van der Waals surface area contributed by atoms with E-state index in [4.69, 9.17) is 0 Å². The Kier molecular flexibility index (Phi) is 4.59. The number of aliphatic hydroxyl groups excluding tert-OH is 2. The summed E-state index contributed by atoms with van der Waals surface area (Å²) in [5, 5.41) is 29.7. The highest BCUT2D eigenvalue weighted by Gasteiger charge is 2.57. The lowest BCUT2D eigenvalue weighted by molar-refractivity contribution is -0.149. The quantitative estimate of drug-likeness (QED) is 0.702. The zero-order valence-corrected chi connectivity index (χ0v) is 14.0. The number of hydrogen-bond donors (Lipinski definition) is 3.